The van der Waals surface area contributed by atoms with Crippen LogP contribution in [-0.4, -0.2) is 57.7 Å². The van der Waals surface area contributed by atoms with Gasteiger partial charge in [0.05, 0.1) is 25.3 Å². The molecule has 3 aromatic rings. The maximum Gasteiger partial charge on any atom is 0.417 e. The lowest BCUT2D eigenvalue weighted by molar-refractivity contribution is -0.137. The number of nitrogens with zero attached hydrogens (tertiary/aromatic N) is 4. The Morgan fingerprint density at radius 3 is 2.49 bits per heavy atom. The maximum atomic E-state index is 14.6. The number of hydrogen-bond acceptors (Lipinski definition) is 5. The van der Waals surface area contributed by atoms with E-state index in [1.165, 1.54) is 11.8 Å². The first-order chi connectivity index (χ1) is 17.4. The van der Waals surface area contributed by atoms with Gasteiger partial charge in [-0.05, 0) is 35.7 Å². The number of amides is 1. The minimum atomic E-state index is -4.53. The van der Waals surface area contributed by atoms with E-state index in [-0.39, 0.29) is 18.1 Å². The molecular formula is C25H26F5N5O2. The largest absolute Gasteiger partial charge is 0.497 e. The first kappa shape index (κ1) is 26.4. The Morgan fingerprint density at radius 1 is 1.19 bits per heavy atom. The van der Waals surface area contributed by atoms with Gasteiger partial charge in [-0.15, -0.1) is 0 Å². The summed E-state index contributed by atoms with van der Waals surface area (Å²) in [6.45, 7) is 0.830. The van der Waals surface area contributed by atoms with Gasteiger partial charge in [0.15, 0.2) is 5.69 Å². The molecule has 1 aromatic carbocycles. The lowest BCUT2D eigenvalue weighted by atomic mass is 9.88. The van der Waals surface area contributed by atoms with Gasteiger partial charge < -0.3 is 15.0 Å². The molecule has 4 rings (SSSR count). The van der Waals surface area contributed by atoms with E-state index in [2.05, 4.69) is 15.4 Å². The molecule has 1 saturated heterocycles. The number of rotatable bonds is 6. The quantitative estimate of drug-likeness (QED) is 0.455. The van der Waals surface area contributed by atoms with Gasteiger partial charge in [-0.3, -0.25) is 9.48 Å². The second-order valence-corrected chi connectivity index (χ2v) is 9.14. The molecule has 2 atom stereocenters. The van der Waals surface area contributed by atoms with E-state index in [9.17, 15) is 26.7 Å². The third kappa shape index (κ3) is 5.83. The average molecular weight is 524 g/mol. The minimum Gasteiger partial charge on any atom is -0.497 e. The molecule has 1 N–H and O–H groups in total. The highest BCUT2D eigenvalue weighted by Gasteiger charge is 2.46. The smallest absolute Gasteiger partial charge is 0.417 e. The second kappa shape index (κ2) is 9.98. The summed E-state index contributed by atoms with van der Waals surface area (Å²) >= 11 is 0. The zero-order valence-corrected chi connectivity index (χ0v) is 20.4. The number of hydrogen-bond donors (Lipinski definition) is 1. The highest BCUT2D eigenvalue weighted by molar-refractivity contribution is 5.99. The number of nitrogens with one attached hydrogen (secondary N) is 1. The van der Waals surface area contributed by atoms with Crippen LogP contribution in [-0.2, 0) is 13.2 Å². The van der Waals surface area contributed by atoms with Crippen molar-refractivity contribution >= 4 is 11.7 Å². The molecule has 1 aliphatic rings. The van der Waals surface area contributed by atoms with Gasteiger partial charge >= 0.3 is 6.18 Å². The van der Waals surface area contributed by atoms with Crippen molar-refractivity contribution in [1.82, 2.24) is 19.7 Å². The van der Waals surface area contributed by atoms with Gasteiger partial charge in [-0.1, -0.05) is 19.1 Å². The van der Waals surface area contributed by atoms with Crippen LogP contribution in [0.4, 0.5) is 27.8 Å². The lowest BCUT2D eigenvalue weighted by Crippen LogP contribution is -2.57. The SMILES string of the molecule is COc1ccc(-c2cn(C)nc2C(=O)N2CC(F)(F)CC(C)C2CNc2ccc(C(F)(F)F)cn2)cc1. The Bertz CT molecular complexity index is 1240. The third-order valence-corrected chi connectivity index (χ3v) is 6.36. The normalized spacial score (nSPS) is 19.5. The van der Waals surface area contributed by atoms with Crippen molar-refractivity contribution in [3.8, 4) is 16.9 Å². The number of alkyl halides is 5. The Labute approximate surface area is 210 Å². The molecule has 1 fully saturated rings. The van der Waals surface area contributed by atoms with Crippen molar-refractivity contribution in [2.45, 2.75) is 31.5 Å². The molecule has 0 spiro atoms. The van der Waals surface area contributed by atoms with Crippen molar-refractivity contribution in [3.63, 3.8) is 0 Å². The zero-order valence-electron chi connectivity index (χ0n) is 20.4. The Kier molecular flexibility index (Phi) is 7.11. The van der Waals surface area contributed by atoms with Gasteiger partial charge in [0.1, 0.15) is 11.6 Å². The van der Waals surface area contributed by atoms with E-state index < -0.39 is 48.5 Å². The van der Waals surface area contributed by atoms with Gasteiger partial charge in [-0.25, -0.2) is 13.8 Å². The van der Waals surface area contributed by atoms with Crippen molar-refractivity contribution in [3.05, 3.63) is 60.0 Å². The summed E-state index contributed by atoms with van der Waals surface area (Å²) in [5.74, 6) is -3.62. The molecule has 198 valence electrons. The molecule has 37 heavy (non-hydrogen) atoms. The Balaban J connectivity index is 1.60. The Morgan fingerprint density at radius 2 is 1.89 bits per heavy atom. The maximum absolute atomic E-state index is 14.6. The van der Waals surface area contributed by atoms with Crippen LogP contribution in [0, 0.1) is 5.92 Å². The Hall–Kier alpha value is -3.70. The van der Waals surface area contributed by atoms with E-state index >= 15 is 0 Å². The van der Waals surface area contributed by atoms with E-state index in [1.807, 2.05) is 0 Å². The number of ether oxygens (including phenoxy) is 1. The molecule has 0 aliphatic carbocycles. The number of pyridine rings is 1. The van der Waals surface area contributed by atoms with Gasteiger partial charge in [0.2, 0.25) is 0 Å². The fraction of sp³-hybridized carbons (Fsp3) is 0.400. The molecule has 12 heteroatoms. The van der Waals surface area contributed by atoms with Crippen molar-refractivity contribution in [2.24, 2.45) is 13.0 Å². The van der Waals surface area contributed by atoms with Crippen LogP contribution in [0.15, 0.2) is 48.8 Å². The van der Waals surface area contributed by atoms with Crippen molar-refractivity contribution < 1.29 is 31.5 Å². The summed E-state index contributed by atoms with van der Waals surface area (Å²) < 4.78 is 74.3. The van der Waals surface area contributed by atoms with Crippen LogP contribution < -0.4 is 10.1 Å². The number of aryl methyl sites for hydroxylation is 1. The summed E-state index contributed by atoms with van der Waals surface area (Å²) in [7, 11) is 3.16. The predicted octanol–water partition coefficient (Wildman–Crippen LogP) is 5.11. The number of methoxy groups -OCH3 is 1. The standard InChI is InChI=1S/C25H26F5N5O2/c1-15-10-24(26,27)14-35(20(15)12-32-21-9-6-17(11-31-21)25(28,29)30)23(36)22-19(13-34(2)33-22)16-4-7-18(37-3)8-5-16/h4-9,11,13,15,20H,10,12,14H2,1-3H3,(H,31,32). The van der Waals surface area contributed by atoms with E-state index in [1.54, 1.807) is 44.4 Å². The average Bonchev–Trinajstić information content (AvgIpc) is 3.23. The number of likely N-dealkylation sites (tertiary alicyclic amines) is 1. The van der Waals surface area contributed by atoms with Crippen LogP contribution in [0.2, 0.25) is 0 Å². The number of halogens is 5. The molecule has 0 saturated carbocycles. The number of carbonyl (C=O) groups is 1. The minimum absolute atomic E-state index is 0.0199. The number of aromatic nitrogens is 3. The number of benzene rings is 1. The summed E-state index contributed by atoms with van der Waals surface area (Å²) in [6, 6.07) is 8.30. The lowest BCUT2D eigenvalue weighted by Gasteiger charge is -2.43. The molecule has 7 nitrogen and oxygen atoms in total. The van der Waals surface area contributed by atoms with Crippen LogP contribution in [0.1, 0.15) is 29.4 Å². The van der Waals surface area contributed by atoms with Gasteiger partial charge in [0.25, 0.3) is 11.8 Å². The molecular weight excluding hydrogens is 497 g/mol. The first-order valence-electron chi connectivity index (χ1n) is 11.5. The highest BCUT2D eigenvalue weighted by Crippen LogP contribution is 2.36. The highest BCUT2D eigenvalue weighted by atomic mass is 19.4. The van der Waals surface area contributed by atoms with E-state index in [0.717, 1.165) is 17.0 Å². The molecule has 3 heterocycles. The zero-order chi connectivity index (χ0) is 27.0. The summed E-state index contributed by atoms with van der Waals surface area (Å²) in [6.07, 6.45) is -2.63. The van der Waals surface area contributed by atoms with Crippen molar-refractivity contribution in [2.75, 3.05) is 25.5 Å². The fourth-order valence-electron chi connectivity index (χ4n) is 4.52. The molecule has 2 aromatic heterocycles. The van der Waals surface area contributed by atoms with Crippen LogP contribution in [0.3, 0.4) is 0 Å². The topological polar surface area (TPSA) is 72.3 Å². The van der Waals surface area contributed by atoms with Crippen LogP contribution in [0.5, 0.6) is 5.75 Å². The summed E-state index contributed by atoms with van der Waals surface area (Å²) in [5.41, 5.74) is 0.266. The van der Waals surface area contributed by atoms with Gasteiger partial charge in [-0.2, -0.15) is 18.3 Å². The molecule has 2 unspecified atom stereocenters. The first-order valence-corrected chi connectivity index (χ1v) is 11.5. The van der Waals surface area contributed by atoms with Gasteiger partial charge in [0, 0.05) is 38.0 Å². The second-order valence-electron chi connectivity index (χ2n) is 9.14. The molecule has 0 bridgehead atoms. The monoisotopic (exact) mass is 523 g/mol. The number of piperidine rings is 1. The van der Waals surface area contributed by atoms with Crippen LogP contribution >= 0.6 is 0 Å². The predicted molar refractivity (Wildman–Crippen MR) is 126 cm³/mol. The third-order valence-electron chi connectivity index (χ3n) is 6.36. The van der Waals surface area contributed by atoms with Crippen LogP contribution in [0.25, 0.3) is 11.1 Å². The summed E-state index contributed by atoms with van der Waals surface area (Å²) in [5, 5.41) is 7.17. The number of carbonyl (C=O) groups excluding carboxylic acids is 1. The summed E-state index contributed by atoms with van der Waals surface area (Å²) in [4.78, 5) is 18.5. The van der Waals surface area contributed by atoms with E-state index in [4.69, 9.17) is 4.74 Å². The number of anilines is 1. The fourth-order valence-corrected chi connectivity index (χ4v) is 4.52. The molecule has 1 aliphatic heterocycles. The van der Waals surface area contributed by atoms with Crippen molar-refractivity contribution in [1.29, 1.82) is 0 Å². The molecule has 0 radical (unpaired) electrons. The van der Waals surface area contributed by atoms with E-state index in [0.29, 0.717) is 23.1 Å². The molecule has 1 amide bonds.